The molecule has 162 valence electrons. The van der Waals surface area contributed by atoms with Crippen LogP contribution in [0.15, 0.2) is 42.5 Å². The second-order valence-electron chi connectivity index (χ2n) is 7.01. The smallest absolute Gasteiger partial charge is 0.399 e. The number of rotatable bonds is 2. The van der Waals surface area contributed by atoms with Crippen LogP contribution >= 0.6 is 0 Å². The van der Waals surface area contributed by atoms with Crippen molar-refractivity contribution in [1.29, 1.82) is 0 Å². The van der Waals surface area contributed by atoms with Crippen molar-refractivity contribution in [3.05, 3.63) is 64.7 Å². The van der Waals surface area contributed by atoms with E-state index in [9.17, 15) is 13.2 Å². The van der Waals surface area contributed by atoms with Crippen LogP contribution in [-0.4, -0.2) is 49.8 Å². The van der Waals surface area contributed by atoms with E-state index in [2.05, 4.69) is 15.7 Å². The summed E-state index contributed by atoms with van der Waals surface area (Å²) in [5.74, 6) is 2.49. The maximum atomic E-state index is 13.0. The van der Waals surface area contributed by atoms with E-state index in [1.54, 1.807) is 31.2 Å². The summed E-state index contributed by atoms with van der Waals surface area (Å²) in [5, 5.41) is 0. The third-order valence-corrected chi connectivity index (χ3v) is 4.61. The van der Waals surface area contributed by atoms with Gasteiger partial charge >= 0.3 is 6.18 Å². The van der Waals surface area contributed by atoms with Crippen molar-refractivity contribution in [2.75, 3.05) is 39.0 Å². The number of benzene rings is 2. The highest BCUT2D eigenvalue weighted by atomic mass is 19.4. The highest BCUT2D eigenvalue weighted by molar-refractivity contribution is 5.46. The molecule has 0 saturated carbocycles. The molecule has 0 spiro atoms. The van der Waals surface area contributed by atoms with Crippen LogP contribution in [0.2, 0.25) is 0 Å². The number of likely N-dealkylation sites (N-methyl/N-ethyl adjacent to an activating group) is 1. The van der Waals surface area contributed by atoms with Gasteiger partial charge in [0.2, 0.25) is 0 Å². The molecule has 3 rings (SSSR count). The Labute approximate surface area is 176 Å². The minimum absolute atomic E-state index is 0.377. The summed E-state index contributed by atoms with van der Waals surface area (Å²) < 4.78 is 39.1. The number of carbonyl (C=O) groups is 1. The third kappa shape index (κ3) is 8.27. The number of carbonyl (C=O) groups excluding carboxylic acids is 1. The van der Waals surface area contributed by atoms with Crippen LogP contribution in [0.4, 0.5) is 18.9 Å². The maximum Gasteiger partial charge on any atom is 0.416 e. The second-order valence-corrected chi connectivity index (χ2v) is 7.01. The lowest BCUT2D eigenvalue weighted by atomic mass is 10.0. The zero-order chi connectivity index (χ0) is 22.7. The van der Waals surface area contributed by atoms with Gasteiger partial charge in [0.25, 0.3) is 0 Å². The predicted octanol–water partition coefficient (Wildman–Crippen LogP) is 3.83. The van der Waals surface area contributed by atoms with Crippen LogP contribution < -0.4 is 5.73 Å². The van der Waals surface area contributed by atoms with Gasteiger partial charge in [-0.2, -0.15) is 13.2 Å². The molecule has 2 aromatic rings. The van der Waals surface area contributed by atoms with Gasteiger partial charge in [-0.1, -0.05) is 29.7 Å². The number of nitrogens with two attached hydrogens (primary N) is 1. The lowest BCUT2D eigenvalue weighted by molar-refractivity contribution is -0.138. The molecule has 30 heavy (non-hydrogen) atoms. The highest BCUT2D eigenvalue weighted by Crippen LogP contribution is 2.33. The number of piperazine rings is 1. The number of hydrogen-bond acceptors (Lipinski definition) is 4. The van der Waals surface area contributed by atoms with Crippen LogP contribution in [0.1, 0.15) is 22.3 Å². The van der Waals surface area contributed by atoms with Crippen molar-refractivity contribution >= 4 is 12.5 Å². The zero-order valence-electron chi connectivity index (χ0n) is 17.4. The van der Waals surface area contributed by atoms with E-state index in [0.29, 0.717) is 23.4 Å². The molecule has 0 radical (unpaired) electrons. The van der Waals surface area contributed by atoms with E-state index in [0.717, 1.165) is 31.7 Å². The summed E-state index contributed by atoms with van der Waals surface area (Å²) in [6.45, 7) is 7.53. The summed E-state index contributed by atoms with van der Waals surface area (Å²) in [4.78, 5) is 12.3. The number of nitrogens with zero attached hydrogens (tertiary/aromatic N) is 2. The number of alkyl halides is 3. The number of anilines is 1. The number of nitrogen functional groups attached to an aromatic ring is 1. The first kappa shape index (κ1) is 25.2. The number of halogens is 3. The van der Waals surface area contributed by atoms with E-state index in [4.69, 9.17) is 17.0 Å². The molecule has 2 aromatic carbocycles. The molecule has 0 unspecified atom stereocenters. The van der Waals surface area contributed by atoms with Gasteiger partial charge in [-0.25, -0.2) is 0 Å². The largest absolute Gasteiger partial charge is 0.416 e. The summed E-state index contributed by atoms with van der Waals surface area (Å²) in [7, 11) is 2.03. The SMILES string of the molecule is C#Cc1cccc(N)c1.C=O.Cc1ccc(CN2CCN(C)CC2)c(C(F)(F)F)c1. The van der Waals surface area contributed by atoms with Gasteiger partial charge in [0.15, 0.2) is 0 Å². The second kappa shape index (κ2) is 12.0. The molecule has 1 heterocycles. The molecule has 1 fully saturated rings. The molecular formula is C23H28F3N3O. The van der Waals surface area contributed by atoms with Crippen molar-refractivity contribution in [3.63, 3.8) is 0 Å². The Morgan fingerprint density at radius 1 is 1.10 bits per heavy atom. The maximum absolute atomic E-state index is 13.0. The lowest BCUT2D eigenvalue weighted by Crippen LogP contribution is -2.44. The number of aryl methyl sites for hydroxylation is 1. The van der Waals surface area contributed by atoms with Gasteiger partial charge in [-0.05, 0) is 43.8 Å². The molecule has 0 amide bonds. The molecule has 0 bridgehead atoms. The predicted molar refractivity (Wildman–Crippen MR) is 115 cm³/mol. The van der Waals surface area contributed by atoms with Gasteiger partial charge < -0.3 is 15.4 Å². The Kier molecular flexibility index (Phi) is 10.1. The summed E-state index contributed by atoms with van der Waals surface area (Å²) in [5.41, 5.74) is 7.51. The third-order valence-electron chi connectivity index (χ3n) is 4.61. The molecule has 1 saturated heterocycles. The van der Waals surface area contributed by atoms with E-state index in [1.165, 1.54) is 6.07 Å². The van der Waals surface area contributed by atoms with Crippen LogP contribution in [0, 0.1) is 19.3 Å². The molecule has 1 aliphatic heterocycles. The van der Waals surface area contributed by atoms with Crippen LogP contribution in [-0.2, 0) is 17.5 Å². The minimum Gasteiger partial charge on any atom is -0.399 e. The Balaban J connectivity index is 0.000000342. The molecule has 2 N–H and O–H groups in total. The molecule has 0 atom stereocenters. The number of terminal acetylenes is 1. The average molecular weight is 419 g/mol. The molecule has 7 heteroatoms. The van der Waals surface area contributed by atoms with Crippen molar-refractivity contribution in [2.24, 2.45) is 0 Å². The standard InChI is InChI=1S/C14H19F3N2.C8H7N.CH2O/c1-11-3-4-12(13(9-11)14(15,16)17)10-19-7-5-18(2)6-8-19;1-2-7-4-3-5-8(9)6-7;1-2/h3-4,9H,5-8,10H2,1-2H3;1,3-6H,9H2;1H2. The van der Waals surface area contributed by atoms with Gasteiger partial charge in [0.05, 0.1) is 5.56 Å². The van der Waals surface area contributed by atoms with Crippen LogP contribution in [0.3, 0.4) is 0 Å². The van der Waals surface area contributed by atoms with Gasteiger partial charge in [-0.15, -0.1) is 6.42 Å². The topological polar surface area (TPSA) is 49.6 Å². The Morgan fingerprint density at radius 2 is 1.73 bits per heavy atom. The van der Waals surface area contributed by atoms with Gasteiger partial charge in [-0.3, -0.25) is 4.90 Å². The highest BCUT2D eigenvalue weighted by Gasteiger charge is 2.33. The summed E-state index contributed by atoms with van der Waals surface area (Å²) in [6.07, 6.45) is 0.843. The Hall–Kier alpha value is -2.82. The van der Waals surface area contributed by atoms with Gasteiger partial charge in [0.1, 0.15) is 6.79 Å². The van der Waals surface area contributed by atoms with Crippen molar-refractivity contribution in [3.8, 4) is 12.3 Å². The number of hydrogen-bond donors (Lipinski definition) is 1. The Bertz CT molecular complexity index is 838. The minimum atomic E-state index is -4.27. The van der Waals surface area contributed by atoms with Crippen molar-refractivity contribution in [2.45, 2.75) is 19.6 Å². The van der Waals surface area contributed by atoms with Crippen LogP contribution in [0.5, 0.6) is 0 Å². The average Bonchev–Trinajstić information content (AvgIpc) is 2.72. The van der Waals surface area contributed by atoms with Crippen molar-refractivity contribution in [1.82, 2.24) is 9.80 Å². The summed E-state index contributed by atoms with van der Waals surface area (Å²) in [6, 6.07) is 11.9. The molecule has 0 aromatic heterocycles. The van der Waals surface area contributed by atoms with E-state index >= 15 is 0 Å². The van der Waals surface area contributed by atoms with Gasteiger partial charge in [0, 0.05) is 44.0 Å². The first-order valence-electron chi connectivity index (χ1n) is 9.37. The van der Waals surface area contributed by atoms with E-state index in [-0.39, 0.29) is 0 Å². The van der Waals surface area contributed by atoms with Crippen molar-refractivity contribution < 1.29 is 18.0 Å². The zero-order valence-corrected chi connectivity index (χ0v) is 17.4. The molecule has 4 nitrogen and oxygen atoms in total. The van der Waals surface area contributed by atoms with Crippen LogP contribution in [0.25, 0.3) is 0 Å². The fourth-order valence-electron chi connectivity index (χ4n) is 2.97. The normalized spacial score (nSPS) is 14.5. The quantitative estimate of drug-likeness (QED) is 0.594. The fourth-order valence-corrected chi connectivity index (χ4v) is 2.97. The molecular weight excluding hydrogens is 391 g/mol. The van der Waals surface area contributed by atoms with E-state index < -0.39 is 11.7 Å². The van der Waals surface area contributed by atoms with E-state index in [1.807, 2.05) is 26.0 Å². The first-order chi connectivity index (χ1) is 14.2. The molecule has 1 aliphatic rings. The first-order valence-corrected chi connectivity index (χ1v) is 9.37. The molecule has 0 aliphatic carbocycles. The summed E-state index contributed by atoms with van der Waals surface area (Å²) >= 11 is 0. The monoisotopic (exact) mass is 419 g/mol. The Morgan fingerprint density at radius 3 is 2.23 bits per heavy atom. The lowest BCUT2D eigenvalue weighted by Gasteiger charge is -2.32. The fraction of sp³-hybridized carbons (Fsp3) is 0.348.